The van der Waals surface area contributed by atoms with Crippen LogP contribution in [0.1, 0.15) is 81.8 Å². The molecule has 0 aromatic carbocycles. The molecule has 1 aliphatic heterocycles. The molecule has 0 spiro atoms. The molecule has 2 saturated carbocycles. The largest absolute Gasteiger partial charge is 0.381 e. The van der Waals surface area contributed by atoms with Gasteiger partial charge < -0.3 is 14.2 Å². The maximum absolute atomic E-state index is 12.7. The van der Waals surface area contributed by atoms with Gasteiger partial charge in [0.2, 0.25) is 11.8 Å². The van der Waals surface area contributed by atoms with E-state index in [1.807, 2.05) is 4.90 Å². The van der Waals surface area contributed by atoms with Crippen LogP contribution in [0.3, 0.4) is 0 Å². The fraction of sp³-hybridized carbons (Fsp3) is 0.857. The molecule has 27 heavy (non-hydrogen) atoms. The van der Waals surface area contributed by atoms with Crippen LogP contribution >= 0.6 is 0 Å². The fourth-order valence-electron chi connectivity index (χ4n) is 4.90. The van der Waals surface area contributed by atoms with E-state index < -0.39 is 0 Å². The summed E-state index contributed by atoms with van der Waals surface area (Å²) in [7, 11) is 0. The Bertz CT molecular complexity index is 606. The van der Waals surface area contributed by atoms with Crippen LogP contribution in [-0.4, -0.2) is 47.3 Å². The second-order valence-corrected chi connectivity index (χ2v) is 8.63. The molecule has 3 fully saturated rings. The summed E-state index contributed by atoms with van der Waals surface area (Å²) in [5.41, 5.74) is 0. The van der Waals surface area contributed by atoms with Crippen molar-refractivity contribution in [1.29, 1.82) is 0 Å². The monoisotopic (exact) mass is 375 g/mol. The van der Waals surface area contributed by atoms with Crippen LogP contribution in [0.25, 0.3) is 0 Å². The van der Waals surface area contributed by atoms with Crippen molar-refractivity contribution >= 4 is 5.91 Å². The SMILES string of the molecule is O=C(C1CCCCC1)N1CCC(c2nc(CCOCC3CCCC3)no2)C1. The van der Waals surface area contributed by atoms with Crippen LogP contribution in [0.2, 0.25) is 0 Å². The van der Waals surface area contributed by atoms with Gasteiger partial charge >= 0.3 is 0 Å². The summed E-state index contributed by atoms with van der Waals surface area (Å²) in [6.07, 6.45) is 12.7. The summed E-state index contributed by atoms with van der Waals surface area (Å²) in [5, 5.41) is 4.12. The third kappa shape index (κ3) is 4.89. The van der Waals surface area contributed by atoms with Gasteiger partial charge in [-0.2, -0.15) is 4.98 Å². The Morgan fingerprint density at radius 1 is 1.07 bits per heavy atom. The molecule has 0 radical (unpaired) electrons. The van der Waals surface area contributed by atoms with E-state index in [9.17, 15) is 4.79 Å². The van der Waals surface area contributed by atoms with Gasteiger partial charge in [0.15, 0.2) is 5.82 Å². The second-order valence-electron chi connectivity index (χ2n) is 8.63. The van der Waals surface area contributed by atoms with Gasteiger partial charge in [-0.1, -0.05) is 37.3 Å². The number of amides is 1. The van der Waals surface area contributed by atoms with Crippen molar-refractivity contribution in [2.45, 2.75) is 76.5 Å². The molecule has 6 heteroatoms. The summed E-state index contributed by atoms with van der Waals surface area (Å²) in [6.45, 7) is 3.08. The molecule has 2 heterocycles. The predicted molar refractivity (Wildman–Crippen MR) is 101 cm³/mol. The number of rotatable bonds is 7. The van der Waals surface area contributed by atoms with Gasteiger partial charge in [-0.15, -0.1) is 0 Å². The molecule has 3 aliphatic rings. The van der Waals surface area contributed by atoms with Gasteiger partial charge in [-0.05, 0) is 38.0 Å². The molecule has 1 aromatic heterocycles. The van der Waals surface area contributed by atoms with Crippen molar-refractivity contribution in [2.24, 2.45) is 11.8 Å². The molecule has 1 amide bonds. The van der Waals surface area contributed by atoms with E-state index >= 15 is 0 Å². The van der Waals surface area contributed by atoms with Crippen LogP contribution in [-0.2, 0) is 16.0 Å². The summed E-state index contributed by atoms with van der Waals surface area (Å²) in [5.74, 6) is 2.95. The van der Waals surface area contributed by atoms with Crippen molar-refractivity contribution in [3.63, 3.8) is 0 Å². The number of likely N-dealkylation sites (tertiary alicyclic amines) is 1. The van der Waals surface area contributed by atoms with Gasteiger partial charge in [-0.25, -0.2) is 0 Å². The fourth-order valence-corrected chi connectivity index (χ4v) is 4.90. The van der Waals surface area contributed by atoms with Crippen molar-refractivity contribution < 1.29 is 14.1 Å². The average Bonchev–Trinajstić information content (AvgIpc) is 3.47. The third-order valence-corrected chi connectivity index (χ3v) is 6.59. The molecule has 0 N–H and O–H groups in total. The normalized spacial score (nSPS) is 24.7. The van der Waals surface area contributed by atoms with Crippen molar-refractivity contribution in [2.75, 3.05) is 26.3 Å². The highest BCUT2D eigenvalue weighted by molar-refractivity contribution is 5.79. The number of carbonyl (C=O) groups is 1. The maximum atomic E-state index is 12.7. The predicted octanol–water partition coefficient (Wildman–Crippen LogP) is 3.72. The lowest BCUT2D eigenvalue weighted by atomic mass is 9.88. The highest BCUT2D eigenvalue weighted by Gasteiger charge is 2.34. The van der Waals surface area contributed by atoms with Crippen molar-refractivity contribution in [3.05, 3.63) is 11.7 Å². The Labute approximate surface area is 162 Å². The first-order chi connectivity index (χ1) is 13.3. The number of hydrogen-bond acceptors (Lipinski definition) is 5. The minimum Gasteiger partial charge on any atom is -0.381 e. The Morgan fingerprint density at radius 2 is 1.85 bits per heavy atom. The Morgan fingerprint density at radius 3 is 2.67 bits per heavy atom. The standard InChI is InChI=1S/C21H33N3O3/c25-21(17-8-2-1-3-9-17)24-12-10-18(14-24)20-22-19(23-27-20)11-13-26-15-16-6-4-5-7-16/h16-18H,1-15H2. The number of aromatic nitrogens is 2. The van der Waals surface area contributed by atoms with Gasteiger partial charge in [0, 0.05) is 32.0 Å². The molecule has 1 aromatic rings. The van der Waals surface area contributed by atoms with E-state index in [4.69, 9.17) is 9.26 Å². The van der Waals surface area contributed by atoms with Gasteiger partial charge in [0.1, 0.15) is 0 Å². The first kappa shape index (κ1) is 18.9. The van der Waals surface area contributed by atoms with Gasteiger partial charge in [-0.3, -0.25) is 4.79 Å². The lowest BCUT2D eigenvalue weighted by molar-refractivity contribution is -0.135. The highest BCUT2D eigenvalue weighted by atomic mass is 16.5. The highest BCUT2D eigenvalue weighted by Crippen LogP contribution is 2.31. The van der Waals surface area contributed by atoms with Crippen LogP contribution < -0.4 is 0 Å². The molecule has 6 nitrogen and oxygen atoms in total. The molecule has 1 saturated heterocycles. The van der Waals surface area contributed by atoms with Crippen LogP contribution in [0.15, 0.2) is 4.52 Å². The minimum atomic E-state index is 0.193. The third-order valence-electron chi connectivity index (χ3n) is 6.59. The zero-order valence-corrected chi connectivity index (χ0v) is 16.4. The van der Waals surface area contributed by atoms with Crippen LogP contribution in [0.4, 0.5) is 0 Å². The van der Waals surface area contributed by atoms with Gasteiger partial charge in [0.25, 0.3) is 0 Å². The Hall–Kier alpha value is -1.43. The van der Waals surface area contributed by atoms with Crippen molar-refractivity contribution in [3.8, 4) is 0 Å². The number of ether oxygens (including phenoxy) is 1. The second kappa shape index (κ2) is 9.18. The quantitative estimate of drug-likeness (QED) is 0.680. The average molecular weight is 376 g/mol. The minimum absolute atomic E-state index is 0.193. The van der Waals surface area contributed by atoms with Gasteiger partial charge in [0.05, 0.1) is 12.5 Å². The number of carbonyl (C=O) groups excluding carboxylic acids is 1. The molecular weight excluding hydrogens is 342 g/mol. The Kier molecular flexibility index (Phi) is 6.43. The van der Waals surface area contributed by atoms with E-state index in [0.29, 0.717) is 24.8 Å². The van der Waals surface area contributed by atoms with Crippen LogP contribution in [0, 0.1) is 11.8 Å². The molecule has 150 valence electrons. The van der Waals surface area contributed by atoms with E-state index in [0.717, 1.165) is 50.7 Å². The van der Waals surface area contributed by atoms with Crippen molar-refractivity contribution in [1.82, 2.24) is 15.0 Å². The summed E-state index contributed by atoms with van der Waals surface area (Å²) >= 11 is 0. The molecule has 2 aliphatic carbocycles. The summed E-state index contributed by atoms with van der Waals surface area (Å²) in [4.78, 5) is 19.3. The lowest BCUT2D eigenvalue weighted by Gasteiger charge is -2.26. The zero-order chi connectivity index (χ0) is 18.5. The zero-order valence-electron chi connectivity index (χ0n) is 16.4. The molecular formula is C21H33N3O3. The number of hydrogen-bond donors (Lipinski definition) is 0. The summed E-state index contributed by atoms with van der Waals surface area (Å²) in [6, 6.07) is 0. The van der Waals surface area contributed by atoms with E-state index in [-0.39, 0.29) is 11.8 Å². The molecule has 1 atom stereocenters. The van der Waals surface area contributed by atoms with E-state index in [2.05, 4.69) is 10.1 Å². The van der Waals surface area contributed by atoms with E-state index in [1.165, 1.54) is 44.9 Å². The van der Waals surface area contributed by atoms with Crippen LogP contribution in [0.5, 0.6) is 0 Å². The topological polar surface area (TPSA) is 68.5 Å². The lowest BCUT2D eigenvalue weighted by Crippen LogP contribution is -2.35. The molecule has 0 bridgehead atoms. The first-order valence-electron chi connectivity index (χ1n) is 11.0. The van der Waals surface area contributed by atoms with E-state index in [1.54, 1.807) is 0 Å². The first-order valence-corrected chi connectivity index (χ1v) is 11.0. The molecule has 4 rings (SSSR count). The molecule has 1 unspecified atom stereocenters. The smallest absolute Gasteiger partial charge is 0.231 e. The summed E-state index contributed by atoms with van der Waals surface area (Å²) < 4.78 is 11.3. The maximum Gasteiger partial charge on any atom is 0.231 e. The Balaban J connectivity index is 1.21. The number of nitrogens with zero attached hydrogens (tertiary/aromatic N) is 3.